The fraction of sp³-hybridized carbons (Fsp3) is 0.442. The molecule has 2 fully saturated rings. The van der Waals surface area contributed by atoms with Gasteiger partial charge in [-0.25, -0.2) is 4.79 Å². The van der Waals surface area contributed by atoms with Crippen molar-refractivity contribution in [2.24, 2.45) is 0 Å². The first kappa shape index (κ1) is 36.8. The second-order valence-corrected chi connectivity index (χ2v) is 15.5. The van der Waals surface area contributed by atoms with E-state index in [1.54, 1.807) is 4.90 Å². The maximum atomic E-state index is 13.2. The van der Waals surface area contributed by atoms with Crippen LogP contribution in [0.1, 0.15) is 62.3 Å². The minimum absolute atomic E-state index is 0.162. The van der Waals surface area contributed by atoms with Gasteiger partial charge in [-0.2, -0.15) is 15.5 Å². The van der Waals surface area contributed by atoms with Crippen LogP contribution in [0.2, 0.25) is 0 Å². The summed E-state index contributed by atoms with van der Waals surface area (Å²) in [6, 6.07) is 27.3. The molecule has 1 aromatic heterocycles. The number of likely N-dealkylation sites (tertiary alicyclic amines) is 1. The highest BCUT2D eigenvalue weighted by Crippen LogP contribution is 2.40. The molecule has 11 heteroatoms. The summed E-state index contributed by atoms with van der Waals surface area (Å²) in [5.41, 5.74) is 3.85. The molecule has 0 spiro atoms. The van der Waals surface area contributed by atoms with Gasteiger partial charge in [0.15, 0.2) is 0 Å². The lowest BCUT2D eigenvalue weighted by Gasteiger charge is -2.43. The van der Waals surface area contributed by atoms with E-state index >= 15 is 0 Å². The standard InChI is InChI=1S/C43H49N7O4/c1-43(2,3)54-42(51)50-22-21-49(26-32(50)16-18-44)40-36-17-20-48(27-38(36)37(25-45)41(46-40)53-29-33-14-10-19-47(33)4)39-24-34(23-31-13-8-9-15-35(31)39)52-28-30-11-6-5-7-12-30/h5-9,11-13,15,23-24,32-33H,10,14,16-17,19-22,26-29H2,1-4H3/t32?,33-/m0/s1. The normalized spacial score (nSPS) is 18.9. The monoisotopic (exact) mass is 727 g/mol. The maximum Gasteiger partial charge on any atom is 0.410 e. The van der Waals surface area contributed by atoms with Gasteiger partial charge >= 0.3 is 6.09 Å². The number of carbonyl (C=O) groups is 1. The Morgan fingerprint density at radius 3 is 2.46 bits per heavy atom. The zero-order valence-corrected chi connectivity index (χ0v) is 31.8. The molecule has 54 heavy (non-hydrogen) atoms. The number of piperazine rings is 1. The molecule has 2 saturated heterocycles. The summed E-state index contributed by atoms with van der Waals surface area (Å²) in [7, 11) is 2.11. The van der Waals surface area contributed by atoms with Gasteiger partial charge in [0.05, 0.1) is 18.5 Å². The van der Waals surface area contributed by atoms with Crippen LogP contribution in [0.15, 0.2) is 66.7 Å². The summed E-state index contributed by atoms with van der Waals surface area (Å²) in [5.74, 6) is 1.88. The third kappa shape index (κ3) is 8.02. The summed E-state index contributed by atoms with van der Waals surface area (Å²) in [4.78, 5) is 26.8. The molecule has 0 N–H and O–H groups in total. The number of nitriles is 2. The van der Waals surface area contributed by atoms with Crippen LogP contribution >= 0.6 is 0 Å². The fourth-order valence-corrected chi connectivity index (χ4v) is 7.88. The molecule has 7 rings (SSSR count). The topological polar surface area (TPSA) is 118 Å². The van der Waals surface area contributed by atoms with Crippen LogP contribution in [0.5, 0.6) is 11.6 Å². The zero-order valence-electron chi connectivity index (χ0n) is 31.8. The molecule has 0 bridgehead atoms. The summed E-state index contributed by atoms with van der Waals surface area (Å²) >= 11 is 0. The average Bonchev–Trinajstić information content (AvgIpc) is 3.59. The summed E-state index contributed by atoms with van der Waals surface area (Å²) in [6.07, 6.45) is 2.53. The van der Waals surface area contributed by atoms with Gasteiger partial charge in [0.25, 0.3) is 0 Å². The van der Waals surface area contributed by atoms with E-state index in [1.807, 2.05) is 45.0 Å². The minimum atomic E-state index is -0.649. The lowest BCUT2D eigenvalue weighted by atomic mass is 9.94. The molecular weight excluding hydrogens is 679 g/mol. The number of likely N-dealkylation sites (N-methyl/N-ethyl adjacent to an activating group) is 1. The summed E-state index contributed by atoms with van der Waals surface area (Å²) < 4.78 is 18.6. The second kappa shape index (κ2) is 15.8. The predicted octanol–water partition coefficient (Wildman–Crippen LogP) is 7.06. The van der Waals surface area contributed by atoms with E-state index in [-0.39, 0.29) is 18.5 Å². The van der Waals surface area contributed by atoms with Gasteiger partial charge < -0.3 is 33.8 Å². The number of amides is 1. The minimum Gasteiger partial charge on any atom is -0.489 e. The van der Waals surface area contributed by atoms with E-state index in [0.29, 0.717) is 63.8 Å². The van der Waals surface area contributed by atoms with Crippen LogP contribution in [0.3, 0.4) is 0 Å². The molecule has 2 atom stereocenters. The van der Waals surface area contributed by atoms with E-state index in [9.17, 15) is 15.3 Å². The van der Waals surface area contributed by atoms with Crippen molar-refractivity contribution in [1.29, 1.82) is 10.5 Å². The third-order valence-corrected chi connectivity index (χ3v) is 10.7. The molecular formula is C43H49N7O4. The Labute approximate surface area is 318 Å². The van der Waals surface area contributed by atoms with Crippen LogP contribution in [0.25, 0.3) is 10.8 Å². The van der Waals surface area contributed by atoms with Gasteiger partial charge in [-0.15, -0.1) is 0 Å². The van der Waals surface area contributed by atoms with Gasteiger partial charge in [0.1, 0.15) is 42.0 Å². The van der Waals surface area contributed by atoms with Crippen molar-refractivity contribution in [1.82, 2.24) is 14.8 Å². The number of rotatable bonds is 9. The first-order valence-electron chi connectivity index (χ1n) is 19.0. The number of aromatic nitrogens is 1. The number of pyridine rings is 1. The Morgan fingerprint density at radius 2 is 1.72 bits per heavy atom. The van der Waals surface area contributed by atoms with Crippen molar-refractivity contribution in [2.75, 3.05) is 56.2 Å². The Hall–Kier alpha value is -5.52. The van der Waals surface area contributed by atoms with E-state index in [1.165, 1.54) is 0 Å². The van der Waals surface area contributed by atoms with Crippen LogP contribution in [0.4, 0.5) is 16.3 Å². The smallest absolute Gasteiger partial charge is 0.410 e. The molecule has 4 aromatic rings. The molecule has 3 aromatic carbocycles. The lowest BCUT2D eigenvalue weighted by Crippen LogP contribution is -2.56. The number of fused-ring (bicyclic) bond motifs is 2. The Kier molecular flexibility index (Phi) is 10.8. The first-order valence-corrected chi connectivity index (χ1v) is 19.0. The zero-order chi connectivity index (χ0) is 37.8. The molecule has 3 aliphatic rings. The van der Waals surface area contributed by atoms with Crippen molar-refractivity contribution in [3.05, 3.63) is 89.0 Å². The van der Waals surface area contributed by atoms with Gasteiger partial charge in [-0.3, -0.25) is 0 Å². The number of nitrogens with zero attached hydrogens (tertiary/aromatic N) is 7. The molecule has 1 unspecified atom stereocenters. The predicted molar refractivity (Wildman–Crippen MR) is 209 cm³/mol. The summed E-state index contributed by atoms with van der Waals surface area (Å²) in [6.45, 7) is 9.94. The number of benzene rings is 3. The van der Waals surface area contributed by atoms with Crippen molar-refractivity contribution in [3.63, 3.8) is 0 Å². The Bertz CT molecular complexity index is 2070. The van der Waals surface area contributed by atoms with Crippen LogP contribution < -0.4 is 19.3 Å². The number of carbonyl (C=O) groups excluding carboxylic acids is 1. The highest BCUT2D eigenvalue weighted by molar-refractivity contribution is 5.96. The molecule has 4 heterocycles. The fourth-order valence-electron chi connectivity index (χ4n) is 7.88. The molecule has 0 aliphatic carbocycles. The molecule has 0 radical (unpaired) electrons. The van der Waals surface area contributed by atoms with Crippen molar-refractivity contribution >= 4 is 28.4 Å². The highest BCUT2D eigenvalue weighted by atomic mass is 16.6. The largest absolute Gasteiger partial charge is 0.489 e. The first-order chi connectivity index (χ1) is 26.1. The van der Waals surface area contributed by atoms with Crippen molar-refractivity contribution in [2.45, 2.75) is 77.3 Å². The van der Waals surface area contributed by atoms with E-state index in [0.717, 1.165) is 64.1 Å². The van der Waals surface area contributed by atoms with Crippen molar-refractivity contribution < 1.29 is 19.0 Å². The quantitative estimate of drug-likeness (QED) is 0.177. The van der Waals surface area contributed by atoms with E-state index < -0.39 is 11.7 Å². The molecule has 0 saturated carbocycles. The SMILES string of the molecule is CN1CCC[C@H]1COc1nc(N2CCN(C(=O)OC(C)(C)C)C(CC#N)C2)c2c(c1C#N)CN(c1cc(OCc3ccccc3)cc3ccccc13)CC2. The second-order valence-electron chi connectivity index (χ2n) is 15.5. The van der Waals surface area contributed by atoms with Gasteiger partial charge in [-0.05, 0) is 70.6 Å². The van der Waals surface area contributed by atoms with E-state index in [4.69, 9.17) is 19.2 Å². The van der Waals surface area contributed by atoms with Crippen LogP contribution in [-0.4, -0.2) is 84.9 Å². The molecule has 3 aliphatic heterocycles. The molecule has 11 nitrogen and oxygen atoms in total. The molecule has 1 amide bonds. The number of hydrogen-bond donors (Lipinski definition) is 0. The number of ether oxygens (including phenoxy) is 3. The van der Waals surface area contributed by atoms with Gasteiger partial charge in [-0.1, -0.05) is 54.6 Å². The Morgan fingerprint density at radius 1 is 0.926 bits per heavy atom. The number of hydrogen-bond acceptors (Lipinski definition) is 10. The highest BCUT2D eigenvalue weighted by Gasteiger charge is 2.37. The van der Waals surface area contributed by atoms with Crippen molar-refractivity contribution in [3.8, 4) is 23.8 Å². The maximum absolute atomic E-state index is 13.2. The van der Waals surface area contributed by atoms with Gasteiger partial charge in [0, 0.05) is 67.0 Å². The summed E-state index contributed by atoms with van der Waals surface area (Å²) in [5, 5.41) is 22.7. The average molecular weight is 728 g/mol. The van der Waals surface area contributed by atoms with Crippen LogP contribution in [0, 0.1) is 22.7 Å². The van der Waals surface area contributed by atoms with Gasteiger partial charge in [0.2, 0.25) is 5.88 Å². The van der Waals surface area contributed by atoms with E-state index in [2.05, 4.69) is 76.4 Å². The third-order valence-electron chi connectivity index (χ3n) is 10.7. The van der Waals surface area contributed by atoms with Crippen LogP contribution in [-0.2, 0) is 24.3 Å². The molecule has 280 valence electrons. The number of anilines is 2. The Balaban J connectivity index is 1.24. The lowest BCUT2D eigenvalue weighted by molar-refractivity contribution is 0.0144.